The summed E-state index contributed by atoms with van der Waals surface area (Å²) in [5.41, 5.74) is 0. The first-order chi connectivity index (χ1) is 26.8. The van der Waals surface area contributed by atoms with Crippen molar-refractivity contribution in [2.45, 2.75) is 225 Å². The second kappa shape index (κ2) is 42.1. The van der Waals surface area contributed by atoms with Gasteiger partial charge in [-0.25, -0.2) is 4.57 Å². The minimum Gasteiger partial charge on any atom is -0.463 e. The topological polar surface area (TPSA) is 131 Å². The van der Waals surface area contributed by atoms with Crippen LogP contribution in [-0.4, -0.2) is 54.3 Å². The predicted molar refractivity (Wildman–Crippen MR) is 229 cm³/mol. The summed E-state index contributed by atoms with van der Waals surface area (Å²) < 4.78 is 26.9. The summed E-state index contributed by atoms with van der Waals surface area (Å²) >= 11 is 0. The maximum Gasteiger partial charge on any atom is 0.472 e. The van der Waals surface area contributed by atoms with Crippen molar-refractivity contribution in [1.82, 2.24) is 5.32 Å². The molecule has 0 aliphatic rings. The molecule has 2 unspecified atom stereocenters. The Bertz CT molecular complexity index is 959. The van der Waals surface area contributed by atoms with E-state index in [0.29, 0.717) is 6.42 Å². The average Bonchev–Trinajstić information content (AvgIpc) is 3.17. The third-order valence-corrected chi connectivity index (χ3v) is 10.9. The van der Waals surface area contributed by atoms with Crippen molar-refractivity contribution in [3.05, 3.63) is 24.3 Å². The highest BCUT2D eigenvalue weighted by Crippen LogP contribution is 2.42. The van der Waals surface area contributed by atoms with E-state index < -0.39 is 26.5 Å². The van der Waals surface area contributed by atoms with Crippen LogP contribution in [0.25, 0.3) is 0 Å². The van der Waals surface area contributed by atoms with Gasteiger partial charge >= 0.3 is 13.8 Å². The standard InChI is InChI=1S/C45H86NO8P/c1-3-5-7-9-11-13-15-17-19-21-23-25-27-29-31-33-35-37-44(48)46-39-40-53-55(50,51)54-42-43(47)41-52-45(49)38-36-34-32-30-28-26-24-22-20-18-16-14-12-10-8-6-4-2/h12,14,18,20,43,47H,3-11,13,15-17,19,21-42H2,1-2H3,(H,46,48)(H,50,51)/b14-12-,20-18-. The van der Waals surface area contributed by atoms with Gasteiger partial charge in [0.2, 0.25) is 5.91 Å². The lowest BCUT2D eigenvalue weighted by Gasteiger charge is -2.15. The summed E-state index contributed by atoms with van der Waals surface area (Å²) in [7, 11) is -4.42. The van der Waals surface area contributed by atoms with Gasteiger partial charge in [-0.2, -0.15) is 0 Å². The van der Waals surface area contributed by atoms with Crippen LogP contribution in [0.15, 0.2) is 24.3 Å². The van der Waals surface area contributed by atoms with E-state index in [4.69, 9.17) is 13.8 Å². The number of hydrogen-bond donors (Lipinski definition) is 3. The van der Waals surface area contributed by atoms with Gasteiger partial charge < -0.3 is 20.1 Å². The Labute approximate surface area is 338 Å². The molecule has 0 spiro atoms. The third kappa shape index (κ3) is 43.5. The number of carbonyl (C=O) groups excluding carboxylic acids is 2. The van der Waals surface area contributed by atoms with Gasteiger partial charge in [-0.15, -0.1) is 0 Å². The number of amides is 1. The Morgan fingerprint density at radius 2 is 0.982 bits per heavy atom. The van der Waals surface area contributed by atoms with Crippen LogP contribution in [0.4, 0.5) is 0 Å². The number of rotatable bonds is 43. The molecule has 0 aromatic rings. The second-order valence-electron chi connectivity index (χ2n) is 15.4. The molecule has 0 aliphatic heterocycles. The lowest BCUT2D eigenvalue weighted by Crippen LogP contribution is -2.27. The van der Waals surface area contributed by atoms with Gasteiger partial charge in [0, 0.05) is 19.4 Å². The number of allylic oxidation sites excluding steroid dienone is 4. The van der Waals surface area contributed by atoms with E-state index in [1.807, 2.05) is 0 Å². The molecule has 0 fully saturated rings. The molecular formula is C45H86NO8P. The SMILES string of the molecule is CCCCC/C=C\C/C=C\CCCCCCCCCC(=O)OCC(O)COP(=O)(O)OCCNC(=O)CCCCCCCCCCCCCCCCCCC. The van der Waals surface area contributed by atoms with E-state index in [-0.39, 0.29) is 32.1 Å². The van der Waals surface area contributed by atoms with Gasteiger partial charge in [0.15, 0.2) is 0 Å². The van der Waals surface area contributed by atoms with Crippen molar-refractivity contribution in [3.8, 4) is 0 Å². The molecule has 0 saturated carbocycles. The van der Waals surface area contributed by atoms with Crippen LogP contribution in [-0.2, 0) is 27.9 Å². The molecule has 0 heterocycles. The highest BCUT2D eigenvalue weighted by atomic mass is 31.2. The lowest BCUT2D eigenvalue weighted by molar-refractivity contribution is -0.147. The minimum atomic E-state index is -4.42. The third-order valence-electron chi connectivity index (χ3n) is 9.88. The van der Waals surface area contributed by atoms with Crippen molar-refractivity contribution in [2.75, 3.05) is 26.4 Å². The predicted octanol–water partition coefficient (Wildman–Crippen LogP) is 12.8. The van der Waals surface area contributed by atoms with Crippen molar-refractivity contribution in [1.29, 1.82) is 0 Å². The van der Waals surface area contributed by atoms with Crippen molar-refractivity contribution in [2.24, 2.45) is 0 Å². The number of phosphoric ester groups is 1. The summed E-state index contributed by atoms with van der Waals surface area (Å²) in [6, 6.07) is 0. The van der Waals surface area contributed by atoms with E-state index in [1.54, 1.807) is 0 Å². The van der Waals surface area contributed by atoms with Crippen LogP contribution in [0.2, 0.25) is 0 Å². The van der Waals surface area contributed by atoms with E-state index in [1.165, 1.54) is 135 Å². The molecule has 324 valence electrons. The van der Waals surface area contributed by atoms with Crippen molar-refractivity contribution in [3.63, 3.8) is 0 Å². The molecule has 2 atom stereocenters. The number of aliphatic hydroxyl groups excluding tert-OH is 1. The molecule has 1 amide bonds. The van der Waals surface area contributed by atoms with Gasteiger partial charge in [0.05, 0.1) is 13.2 Å². The highest BCUT2D eigenvalue weighted by Gasteiger charge is 2.23. The smallest absolute Gasteiger partial charge is 0.463 e. The fraction of sp³-hybridized carbons (Fsp3) is 0.867. The number of unbranched alkanes of at least 4 members (excludes halogenated alkanes) is 26. The Hall–Kier alpha value is -1.51. The number of ether oxygens (including phenoxy) is 1. The van der Waals surface area contributed by atoms with Crippen LogP contribution < -0.4 is 5.32 Å². The number of aliphatic hydroxyl groups is 1. The number of phosphoric acid groups is 1. The zero-order valence-corrected chi connectivity index (χ0v) is 36.5. The van der Waals surface area contributed by atoms with Crippen LogP contribution in [0.5, 0.6) is 0 Å². The monoisotopic (exact) mass is 800 g/mol. The van der Waals surface area contributed by atoms with Gasteiger partial charge in [-0.05, 0) is 44.9 Å². The molecule has 0 rings (SSSR count). The summed E-state index contributed by atoms with van der Waals surface area (Å²) in [6.07, 6.45) is 45.3. The van der Waals surface area contributed by atoms with E-state index in [0.717, 1.165) is 57.8 Å². The minimum absolute atomic E-state index is 0.0844. The van der Waals surface area contributed by atoms with E-state index in [2.05, 4.69) is 43.5 Å². The van der Waals surface area contributed by atoms with Crippen molar-refractivity contribution < 1.29 is 37.9 Å². The highest BCUT2D eigenvalue weighted by molar-refractivity contribution is 7.47. The molecule has 0 bridgehead atoms. The molecule has 3 N–H and O–H groups in total. The first kappa shape index (κ1) is 53.5. The van der Waals surface area contributed by atoms with Crippen LogP contribution in [0.3, 0.4) is 0 Å². The van der Waals surface area contributed by atoms with E-state index >= 15 is 0 Å². The number of carbonyl (C=O) groups is 2. The van der Waals surface area contributed by atoms with Gasteiger partial charge in [-0.3, -0.25) is 18.6 Å². The molecule has 9 nitrogen and oxygen atoms in total. The van der Waals surface area contributed by atoms with Crippen LogP contribution in [0, 0.1) is 0 Å². The maximum absolute atomic E-state index is 12.1. The summed E-state index contributed by atoms with van der Waals surface area (Å²) in [5, 5.41) is 12.7. The number of hydrogen-bond acceptors (Lipinski definition) is 7. The van der Waals surface area contributed by atoms with E-state index in [9.17, 15) is 24.2 Å². The second-order valence-corrected chi connectivity index (χ2v) is 16.8. The molecule has 0 aromatic carbocycles. The average molecular weight is 800 g/mol. The molecule has 0 aromatic heterocycles. The lowest BCUT2D eigenvalue weighted by atomic mass is 10.0. The Kier molecular flexibility index (Phi) is 40.9. The normalized spacial score (nSPS) is 13.5. The molecule has 55 heavy (non-hydrogen) atoms. The van der Waals surface area contributed by atoms with Crippen LogP contribution >= 0.6 is 7.82 Å². The summed E-state index contributed by atoms with van der Waals surface area (Å²) in [4.78, 5) is 33.9. The summed E-state index contributed by atoms with van der Waals surface area (Å²) in [5.74, 6) is -0.517. The fourth-order valence-electron chi connectivity index (χ4n) is 6.41. The molecule has 0 saturated heterocycles. The number of nitrogens with one attached hydrogen (secondary N) is 1. The Balaban J connectivity index is 3.57. The van der Waals surface area contributed by atoms with Crippen molar-refractivity contribution >= 4 is 19.7 Å². The molecule has 0 aliphatic carbocycles. The van der Waals surface area contributed by atoms with Crippen LogP contribution in [0.1, 0.15) is 219 Å². The number of esters is 1. The first-order valence-corrected chi connectivity index (χ1v) is 24.3. The Morgan fingerprint density at radius 3 is 1.49 bits per heavy atom. The summed E-state index contributed by atoms with van der Waals surface area (Å²) in [6.45, 7) is 3.55. The molecule has 0 radical (unpaired) electrons. The Morgan fingerprint density at radius 1 is 0.564 bits per heavy atom. The fourth-order valence-corrected chi connectivity index (χ4v) is 7.17. The maximum atomic E-state index is 12.1. The quantitative estimate of drug-likeness (QED) is 0.0240. The van der Waals surface area contributed by atoms with Gasteiger partial charge in [0.25, 0.3) is 0 Å². The zero-order valence-electron chi connectivity index (χ0n) is 35.6. The molecular weight excluding hydrogens is 713 g/mol. The van der Waals surface area contributed by atoms with Gasteiger partial charge in [0.1, 0.15) is 12.7 Å². The molecule has 10 heteroatoms. The van der Waals surface area contributed by atoms with Gasteiger partial charge in [-0.1, -0.05) is 186 Å². The zero-order chi connectivity index (χ0) is 40.3. The first-order valence-electron chi connectivity index (χ1n) is 22.8. The largest absolute Gasteiger partial charge is 0.472 e.